The van der Waals surface area contributed by atoms with Crippen molar-refractivity contribution in [3.05, 3.63) is 12.7 Å². The monoisotopic (exact) mass is 206 g/mol. The van der Waals surface area contributed by atoms with Gasteiger partial charge in [0.05, 0.1) is 0 Å². The van der Waals surface area contributed by atoms with E-state index in [1.807, 2.05) is 0 Å². The molecule has 3 fully saturated rings. The summed E-state index contributed by atoms with van der Waals surface area (Å²) in [4.78, 5) is 11.1. The molecule has 0 aromatic carbocycles. The maximum Gasteiger partial charge on any atom is 0.330 e. The van der Waals surface area contributed by atoms with Gasteiger partial charge in [0.2, 0.25) is 0 Å². The number of carbonyl (C=O) groups excluding carboxylic acids is 1. The van der Waals surface area contributed by atoms with Crippen LogP contribution in [0.5, 0.6) is 0 Å². The Labute approximate surface area is 90.7 Å². The molecule has 2 heteroatoms. The molecule has 1 unspecified atom stereocenters. The molecule has 0 aromatic heterocycles. The summed E-state index contributed by atoms with van der Waals surface area (Å²) < 4.78 is 5.36. The molecule has 0 aromatic rings. The predicted octanol–water partition coefficient (Wildman–Crippen LogP) is 2.54. The van der Waals surface area contributed by atoms with Gasteiger partial charge in [0.25, 0.3) is 0 Å². The van der Waals surface area contributed by atoms with Crippen LogP contribution in [-0.2, 0) is 9.53 Å². The van der Waals surface area contributed by atoms with E-state index in [1.165, 1.54) is 25.3 Å². The number of fused-ring (bicyclic) bond motifs is 5. The third kappa shape index (κ3) is 1.42. The second-order valence-corrected chi connectivity index (χ2v) is 5.40. The van der Waals surface area contributed by atoms with Crippen LogP contribution in [0.3, 0.4) is 0 Å². The largest absolute Gasteiger partial charge is 0.459 e. The minimum absolute atomic E-state index is 0.189. The fraction of sp³-hybridized carbons (Fsp3) is 0.769. The lowest BCUT2D eigenvalue weighted by atomic mass is 9.82. The van der Waals surface area contributed by atoms with Crippen molar-refractivity contribution in [2.45, 2.75) is 38.2 Å². The average Bonchev–Trinajstić information content (AvgIpc) is 2.87. The van der Waals surface area contributed by atoms with E-state index < -0.39 is 0 Å². The Kier molecular flexibility index (Phi) is 2.11. The zero-order valence-corrected chi connectivity index (χ0v) is 9.02. The summed E-state index contributed by atoms with van der Waals surface area (Å²) in [7, 11) is 0. The summed E-state index contributed by atoms with van der Waals surface area (Å²) in [6, 6.07) is 0. The topological polar surface area (TPSA) is 26.3 Å². The van der Waals surface area contributed by atoms with Crippen molar-refractivity contribution < 1.29 is 9.53 Å². The smallest absolute Gasteiger partial charge is 0.330 e. The molecule has 0 spiro atoms. The Balaban J connectivity index is 1.64. The number of hydrogen-bond donors (Lipinski definition) is 0. The Morgan fingerprint density at radius 1 is 1.13 bits per heavy atom. The van der Waals surface area contributed by atoms with Gasteiger partial charge in [-0.25, -0.2) is 4.79 Å². The lowest BCUT2D eigenvalue weighted by Crippen LogP contribution is -2.15. The van der Waals surface area contributed by atoms with Gasteiger partial charge in [-0.2, -0.15) is 0 Å². The minimum atomic E-state index is -0.243. The molecule has 3 aliphatic rings. The number of hydrogen-bond acceptors (Lipinski definition) is 2. The lowest BCUT2D eigenvalue weighted by molar-refractivity contribution is -0.142. The van der Waals surface area contributed by atoms with Crippen LogP contribution >= 0.6 is 0 Å². The third-order valence-corrected chi connectivity index (χ3v) is 4.79. The van der Waals surface area contributed by atoms with Crippen LogP contribution < -0.4 is 0 Å². The highest BCUT2D eigenvalue weighted by molar-refractivity contribution is 5.81. The summed E-state index contributed by atoms with van der Waals surface area (Å²) in [5, 5.41) is 0. The minimum Gasteiger partial charge on any atom is -0.459 e. The Bertz CT molecular complexity index is 279. The van der Waals surface area contributed by atoms with Crippen LogP contribution in [0.1, 0.15) is 32.1 Å². The van der Waals surface area contributed by atoms with E-state index in [0.717, 1.165) is 36.5 Å². The first-order valence-corrected chi connectivity index (χ1v) is 6.11. The molecule has 3 aliphatic carbocycles. The molecule has 5 atom stereocenters. The fourth-order valence-electron chi connectivity index (χ4n) is 4.28. The number of rotatable bonds is 2. The first-order chi connectivity index (χ1) is 7.28. The van der Waals surface area contributed by atoms with E-state index in [9.17, 15) is 4.79 Å². The number of esters is 1. The molecule has 0 radical (unpaired) electrons. The summed E-state index contributed by atoms with van der Waals surface area (Å²) in [5.41, 5.74) is 0. The van der Waals surface area contributed by atoms with Crippen LogP contribution in [-0.4, -0.2) is 12.1 Å². The van der Waals surface area contributed by atoms with Gasteiger partial charge >= 0.3 is 5.97 Å². The molecule has 2 bridgehead atoms. The van der Waals surface area contributed by atoms with Crippen LogP contribution in [0.2, 0.25) is 0 Å². The molecule has 82 valence electrons. The zero-order chi connectivity index (χ0) is 10.4. The summed E-state index contributed by atoms with van der Waals surface area (Å²) >= 11 is 0. The SMILES string of the molecule is C=CC(=O)OC1C[C@@H]2[C@H]3CC[C@H](C3)[C@@H]2C1. The molecule has 15 heavy (non-hydrogen) atoms. The van der Waals surface area contributed by atoms with Gasteiger partial charge < -0.3 is 4.74 Å². The highest BCUT2D eigenvalue weighted by Crippen LogP contribution is 2.59. The molecule has 0 N–H and O–H groups in total. The quantitative estimate of drug-likeness (QED) is 0.512. The van der Waals surface area contributed by atoms with E-state index >= 15 is 0 Å². The summed E-state index contributed by atoms with van der Waals surface area (Å²) in [6.07, 6.45) is 8.01. The van der Waals surface area contributed by atoms with E-state index in [4.69, 9.17) is 4.74 Å². The second kappa shape index (κ2) is 3.36. The number of carbonyl (C=O) groups is 1. The van der Waals surface area contributed by atoms with E-state index in [0.29, 0.717) is 0 Å². The zero-order valence-electron chi connectivity index (χ0n) is 9.02. The first kappa shape index (κ1) is 9.44. The van der Waals surface area contributed by atoms with Gasteiger partial charge in [-0.15, -0.1) is 0 Å². The van der Waals surface area contributed by atoms with Gasteiger partial charge in [-0.1, -0.05) is 6.58 Å². The van der Waals surface area contributed by atoms with Crippen molar-refractivity contribution in [3.8, 4) is 0 Å². The highest BCUT2D eigenvalue weighted by Gasteiger charge is 2.52. The summed E-state index contributed by atoms with van der Waals surface area (Å²) in [5.74, 6) is 3.39. The molecular formula is C13H18O2. The molecule has 0 aliphatic heterocycles. The highest BCUT2D eigenvalue weighted by atomic mass is 16.5. The lowest BCUT2D eigenvalue weighted by Gasteiger charge is -2.23. The Morgan fingerprint density at radius 2 is 1.73 bits per heavy atom. The van der Waals surface area contributed by atoms with E-state index in [2.05, 4.69) is 6.58 Å². The molecule has 2 nitrogen and oxygen atoms in total. The second-order valence-electron chi connectivity index (χ2n) is 5.40. The molecule has 0 amide bonds. The molecule has 0 saturated heterocycles. The standard InChI is InChI=1S/C13H18O2/c1-2-13(14)15-10-6-11-8-3-4-9(5-8)12(11)7-10/h2,8-12H,1,3-7H2/t8-,9+,10?,11+,12-. The van der Waals surface area contributed by atoms with Crippen molar-refractivity contribution >= 4 is 5.97 Å². The number of ether oxygens (including phenoxy) is 1. The van der Waals surface area contributed by atoms with Crippen molar-refractivity contribution in [2.24, 2.45) is 23.7 Å². The molecule has 3 saturated carbocycles. The van der Waals surface area contributed by atoms with Gasteiger partial charge in [-0.05, 0) is 55.8 Å². The molecule has 0 heterocycles. The molecular weight excluding hydrogens is 188 g/mol. The van der Waals surface area contributed by atoms with Crippen molar-refractivity contribution in [3.63, 3.8) is 0 Å². The van der Waals surface area contributed by atoms with E-state index in [1.54, 1.807) is 0 Å². The van der Waals surface area contributed by atoms with E-state index in [-0.39, 0.29) is 12.1 Å². The van der Waals surface area contributed by atoms with Crippen LogP contribution in [0.15, 0.2) is 12.7 Å². The van der Waals surface area contributed by atoms with Crippen LogP contribution in [0.25, 0.3) is 0 Å². The Hall–Kier alpha value is -0.790. The maximum absolute atomic E-state index is 11.1. The fourth-order valence-corrected chi connectivity index (χ4v) is 4.28. The van der Waals surface area contributed by atoms with Crippen molar-refractivity contribution in [1.29, 1.82) is 0 Å². The molecule has 3 rings (SSSR count). The van der Waals surface area contributed by atoms with Gasteiger partial charge in [0, 0.05) is 6.08 Å². The van der Waals surface area contributed by atoms with Crippen molar-refractivity contribution in [2.75, 3.05) is 0 Å². The van der Waals surface area contributed by atoms with Crippen LogP contribution in [0, 0.1) is 23.7 Å². The van der Waals surface area contributed by atoms with Crippen LogP contribution in [0.4, 0.5) is 0 Å². The van der Waals surface area contributed by atoms with Gasteiger partial charge in [0.1, 0.15) is 6.10 Å². The summed E-state index contributed by atoms with van der Waals surface area (Å²) in [6.45, 7) is 3.44. The van der Waals surface area contributed by atoms with Gasteiger partial charge in [0.15, 0.2) is 0 Å². The first-order valence-electron chi connectivity index (χ1n) is 6.11. The maximum atomic E-state index is 11.1. The third-order valence-electron chi connectivity index (χ3n) is 4.79. The van der Waals surface area contributed by atoms with Crippen molar-refractivity contribution in [1.82, 2.24) is 0 Å². The normalized spacial score (nSPS) is 46.5. The Morgan fingerprint density at radius 3 is 2.27 bits per heavy atom. The average molecular weight is 206 g/mol. The predicted molar refractivity (Wildman–Crippen MR) is 57.1 cm³/mol. The van der Waals surface area contributed by atoms with Gasteiger partial charge in [-0.3, -0.25) is 0 Å².